The second kappa shape index (κ2) is 6.83. The van der Waals surface area contributed by atoms with Gasteiger partial charge in [0.05, 0.1) is 12.7 Å². The van der Waals surface area contributed by atoms with Crippen LogP contribution in [0, 0.1) is 17.2 Å². The first-order valence-electron chi connectivity index (χ1n) is 7.77. The van der Waals surface area contributed by atoms with Crippen molar-refractivity contribution in [3.63, 3.8) is 0 Å². The van der Waals surface area contributed by atoms with E-state index in [1.54, 1.807) is 6.07 Å². The number of nitrogen functional groups attached to an aromatic ring is 1. The van der Waals surface area contributed by atoms with E-state index in [9.17, 15) is 0 Å². The van der Waals surface area contributed by atoms with Crippen molar-refractivity contribution in [2.24, 2.45) is 17.6 Å². The topological polar surface area (TPSA) is 68.3 Å². The highest BCUT2D eigenvalue weighted by molar-refractivity contribution is 5.95. The van der Waals surface area contributed by atoms with Crippen LogP contribution in [0.5, 0.6) is 11.5 Å². The Morgan fingerprint density at radius 3 is 2.43 bits per heavy atom. The molecule has 0 spiro atoms. The lowest BCUT2D eigenvalue weighted by molar-refractivity contribution is 0.0971. The molecule has 1 fully saturated rings. The second-order valence-corrected chi connectivity index (χ2v) is 6.17. The van der Waals surface area contributed by atoms with Gasteiger partial charge in [-0.05, 0) is 56.2 Å². The minimum absolute atomic E-state index is 0.0439. The Morgan fingerprint density at radius 1 is 1.19 bits per heavy atom. The van der Waals surface area contributed by atoms with E-state index in [2.05, 4.69) is 13.8 Å². The highest BCUT2D eigenvalue weighted by Crippen LogP contribution is 2.35. The van der Waals surface area contributed by atoms with Gasteiger partial charge in [-0.1, -0.05) is 13.8 Å². The Balaban J connectivity index is 2.16. The minimum atomic E-state index is 0.0439. The normalized spacial score (nSPS) is 25.4. The molecule has 0 bridgehead atoms. The lowest BCUT2D eigenvalue weighted by atomic mass is 9.82. The average molecular weight is 290 g/mol. The fourth-order valence-corrected chi connectivity index (χ4v) is 3.19. The van der Waals surface area contributed by atoms with Crippen molar-refractivity contribution in [3.05, 3.63) is 23.8 Å². The van der Waals surface area contributed by atoms with Gasteiger partial charge in [-0.25, -0.2) is 0 Å². The summed E-state index contributed by atoms with van der Waals surface area (Å²) in [6.45, 7) is 7.08. The summed E-state index contributed by atoms with van der Waals surface area (Å²) >= 11 is 0. The number of rotatable bonds is 5. The van der Waals surface area contributed by atoms with Crippen LogP contribution in [0.1, 0.15) is 45.6 Å². The van der Waals surface area contributed by atoms with Gasteiger partial charge in [0.15, 0.2) is 11.5 Å². The van der Waals surface area contributed by atoms with Gasteiger partial charge in [-0.15, -0.1) is 0 Å². The number of ether oxygens (including phenoxy) is 2. The Bertz CT molecular complexity index is 492. The predicted octanol–water partition coefficient (Wildman–Crippen LogP) is 3.57. The zero-order valence-corrected chi connectivity index (χ0v) is 13.2. The van der Waals surface area contributed by atoms with Crippen molar-refractivity contribution < 1.29 is 9.47 Å². The van der Waals surface area contributed by atoms with E-state index in [-0.39, 0.29) is 11.9 Å². The molecule has 0 radical (unpaired) electrons. The molecule has 0 aromatic heterocycles. The fraction of sp³-hybridized carbons (Fsp3) is 0.588. The predicted molar refractivity (Wildman–Crippen MR) is 85.2 cm³/mol. The molecule has 2 unspecified atom stereocenters. The standard InChI is InChI=1S/C17H26N2O2/c1-4-20-16-10-13(17(18)19)5-6-15(16)21-14-8-11(2)7-12(3)9-14/h5-6,10-12,14H,4,7-9H2,1-3H3,(H3,18,19). The van der Waals surface area contributed by atoms with Crippen molar-refractivity contribution in [2.75, 3.05) is 6.61 Å². The van der Waals surface area contributed by atoms with Gasteiger partial charge in [0.2, 0.25) is 0 Å². The third kappa shape index (κ3) is 4.13. The molecule has 1 aliphatic rings. The second-order valence-electron chi connectivity index (χ2n) is 6.17. The molecule has 3 N–H and O–H groups in total. The van der Waals surface area contributed by atoms with Gasteiger partial charge < -0.3 is 15.2 Å². The number of nitrogens with two attached hydrogens (primary N) is 1. The maximum absolute atomic E-state index is 7.52. The van der Waals surface area contributed by atoms with Crippen LogP contribution in [0.2, 0.25) is 0 Å². The molecular weight excluding hydrogens is 264 g/mol. The van der Waals surface area contributed by atoms with Crippen molar-refractivity contribution in [3.8, 4) is 11.5 Å². The van der Waals surface area contributed by atoms with Gasteiger partial charge in [0.1, 0.15) is 5.84 Å². The van der Waals surface area contributed by atoms with E-state index >= 15 is 0 Å². The molecule has 0 aliphatic heterocycles. The molecule has 1 aliphatic carbocycles. The van der Waals surface area contributed by atoms with Crippen LogP contribution >= 0.6 is 0 Å². The van der Waals surface area contributed by atoms with Gasteiger partial charge in [0.25, 0.3) is 0 Å². The van der Waals surface area contributed by atoms with Crippen LogP contribution in [0.3, 0.4) is 0 Å². The average Bonchev–Trinajstić information content (AvgIpc) is 2.39. The number of amidine groups is 1. The van der Waals surface area contributed by atoms with E-state index in [1.807, 2.05) is 19.1 Å². The highest BCUT2D eigenvalue weighted by Gasteiger charge is 2.26. The number of hydrogen-bond donors (Lipinski definition) is 2. The van der Waals surface area contributed by atoms with Crippen molar-refractivity contribution in [2.45, 2.75) is 46.1 Å². The molecule has 21 heavy (non-hydrogen) atoms. The maximum Gasteiger partial charge on any atom is 0.161 e. The van der Waals surface area contributed by atoms with Crippen LogP contribution in [0.25, 0.3) is 0 Å². The lowest BCUT2D eigenvalue weighted by Crippen LogP contribution is -2.28. The molecule has 1 aromatic carbocycles. The number of benzene rings is 1. The maximum atomic E-state index is 7.52. The summed E-state index contributed by atoms with van der Waals surface area (Å²) in [5.74, 6) is 2.88. The van der Waals surface area contributed by atoms with Crippen molar-refractivity contribution in [1.82, 2.24) is 0 Å². The van der Waals surface area contributed by atoms with E-state index in [0.717, 1.165) is 18.6 Å². The van der Waals surface area contributed by atoms with E-state index in [4.69, 9.17) is 20.6 Å². The summed E-state index contributed by atoms with van der Waals surface area (Å²) in [6.07, 6.45) is 3.70. The highest BCUT2D eigenvalue weighted by atomic mass is 16.5. The minimum Gasteiger partial charge on any atom is -0.490 e. The monoisotopic (exact) mass is 290 g/mol. The molecule has 0 heterocycles. The summed E-state index contributed by atoms with van der Waals surface area (Å²) in [7, 11) is 0. The molecule has 1 aromatic rings. The molecule has 4 heteroatoms. The molecular formula is C17H26N2O2. The third-order valence-corrected chi connectivity index (χ3v) is 3.98. The Morgan fingerprint density at radius 2 is 1.86 bits per heavy atom. The van der Waals surface area contributed by atoms with Crippen LogP contribution in [-0.2, 0) is 0 Å². The van der Waals surface area contributed by atoms with Gasteiger partial charge in [-0.3, -0.25) is 5.41 Å². The molecule has 2 atom stereocenters. The number of hydrogen-bond acceptors (Lipinski definition) is 3. The van der Waals surface area contributed by atoms with E-state index in [1.165, 1.54) is 6.42 Å². The summed E-state index contributed by atoms with van der Waals surface area (Å²) in [6, 6.07) is 5.47. The van der Waals surface area contributed by atoms with E-state index < -0.39 is 0 Å². The zero-order valence-electron chi connectivity index (χ0n) is 13.2. The van der Waals surface area contributed by atoms with Crippen molar-refractivity contribution >= 4 is 5.84 Å². The van der Waals surface area contributed by atoms with Gasteiger partial charge in [0, 0.05) is 5.56 Å². The third-order valence-electron chi connectivity index (χ3n) is 3.98. The quantitative estimate of drug-likeness (QED) is 0.643. The van der Waals surface area contributed by atoms with Gasteiger partial charge in [-0.2, -0.15) is 0 Å². The first-order valence-corrected chi connectivity index (χ1v) is 7.77. The fourth-order valence-electron chi connectivity index (χ4n) is 3.19. The van der Waals surface area contributed by atoms with E-state index in [0.29, 0.717) is 29.8 Å². The van der Waals surface area contributed by atoms with Crippen LogP contribution < -0.4 is 15.2 Å². The molecule has 0 saturated heterocycles. The Kier molecular flexibility index (Phi) is 5.10. The SMILES string of the molecule is CCOc1cc(C(=N)N)ccc1OC1CC(C)CC(C)C1. The summed E-state index contributed by atoms with van der Waals surface area (Å²) in [4.78, 5) is 0. The number of nitrogens with one attached hydrogen (secondary N) is 1. The smallest absolute Gasteiger partial charge is 0.161 e. The Hall–Kier alpha value is -1.71. The first-order chi connectivity index (χ1) is 9.99. The van der Waals surface area contributed by atoms with Gasteiger partial charge >= 0.3 is 0 Å². The molecule has 4 nitrogen and oxygen atoms in total. The molecule has 1 saturated carbocycles. The Labute approximate surface area is 127 Å². The zero-order chi connectivity index (χ0) is 15.4. The summed E-state index contributed by atoms with van der Waals surface area (Å²) in [5, 5.41) is 7.52. The summed E-state index contributed by atoms with van der Waals surface area (Å²) in [5.41, 5.74) is 6.20. The molecule has 0 amide bonds. The lowest BCUT2D eigenvalue weighted by Gasteiger charge is -2.32. The summed E-state index contributed by atoms with van der Waals surface area (Å²) < 4.78 is 11.8. The largest absolute Gasteiger partial charge is 0.490 e. The van der Waals surface area contributed by atoms with Crippen molar-refractivity contribution in [1.29, 1.82) is 5.41 Å². The van der Waals surface area contributed by atoms with Crippen LogP contribution in [0.4, 0.5) is 0 Å². The molecule has 2 rings (SSSR count). The van der Waals surface area contributed by atoms with Crippen LogP contribution in [0.15, 0.2) is 18.2 Å². The first kappa shape index (κ1) is 15.7. The molecule has 116 valence electrons. The van der Waals surface area contributed by atoms with Crippen LogP contribution in [-0.4, -0.2) is 18.5 Å².